The van der Waals surface area contributed by atoms with Crippen LogP contribution in [0.5, 0.6) is 0 Å². The Balaban J connectivity index is 1.16. The van der Waals surface area contributed by atoms with Gasteiger partial charge in [0, 0.05) is 27.8 Å². The summed E-state index contributed by atoms with van der Waals surface area (Å²) in [5.41, 5.74) is 12.2. The lowest BCUT2D eigenvalue weighted by Gasteiger charge is -2.26. The zero-order chi connectivity index (χ0) is 29.3. The lowest BCUT2D eigenvalue weighted by atomic mass is 10.0. The Morgan fingerprint density at radius 2 is 0.682 bits per heavy atom. The van der Waals surface area contributed by atoms with Crippen molar-refractivity contribution in [1.82, 2.24) is 0 Å². The van der Waals surface area contributed by atoms with Crippen LogP contribution in [0.3, 0.4) is 0 Å². The van der Waals surface area contributed by atoms with Gasteiger partial charge in [-0.05, 0) is 88.0 Å². The molecular formula is C42H29NO. The van der Waals surface area contributed by atoms with Gasteiger partial charge in [0.15, 0.2) is 0 Å². The highest BCUT2D eigenvalue weighted by atomic mass is 16.3. The van der Waals surface area contributed by atoms with Crippen LogP contribution in [-0.2, 0) is 0 Å². The van der Waals surface area contributed by atoms with Crippen molar-refractivity contribution in [3.05, 3.63) is 176 Å². The average Bonchev–Trinajstić information content (AvgIpc) is 3.48. The molecule has 0 unspecified atom stereocenters. The van der Waals surface area contributed by atoms with Crippen LogP contribution >= 0.6 is 0 Å². The topological polar surface area (TPSA) is 16.4 Å². The number of hydrogen-bond donors (Lipinski definition) is 0. The zero-order valence-electron chi connectivity index (χ0n) is 24.1. The highest BCUT2D eigenvalue weighted by Crippen LogP contribution is 2.38. The molecular weight excluding hydrogens is 534 g/mol. The van der Waals surface area contributed by atoms with Crippen molar-refractivity contribution in [3.8, 4) is 33.4 Å². The highest BCUT2D eigenvalue weighted by Gasteiger charge is 2.14. The van der Waals surface area contributed by atoms with Gasteiger partial charge < -0.3 is 9.32 Å². The summed E-state index contributed by atoms with van der Waals surface area (Å²) in [5.74, 6) is 0. The average molecular weight is 564 g/mol. The fourth-order valence-electron chi connectivity index (χ4n) is 6.02. The number of para-hydroxylation sites is 1. The van der Waals surface area contributed by atoms with Gasteiger partial charge in [-0.2, -0.15) is 0 Å². The summed E-state index contributed by atoms with van der Waals surface area (Å²) < 4.78 is 6.17. The Morgan fingerprint density at radius 1 is 0.295 bits per heavy atom. The second kappa shape index (κ2) is 11.1. The van der Waals surface area contributed by atoms with E-state index in [1.165, 1.54) is 22.3 Å². The summed E-state index contributed by atoms with van der Waals surface area (Å²) in [6, 6.07) is 62.2. The van der Waals surface area contributed by atoms with Gasteiger partial charge in [0.1, 0.15) is 11.2 Å². The first-order chi connectivity index (χ1) is 21.8. The molecule has 0 fully saturated rings. The molecule has 0 bridgehead atoms. The van der Waals surface area contributed by atoms with Crippen molar-refractivity contribution in [2.75, 3.05) is 4.90 Å². The molecule has 1 heterocycles. The van der Waals surface area contributed by atoms with E-state index in [-0.39, 0.29) is 0 Å². The molecule has 0 saturated carbocycles. The van der Waals surface area contributed by atoms with E-state index in [0.29, 0.717) is 0 Å². The second-order valence-corrected chi connectivity index (χ2v) is 11.0. The van der Waals surface area contributed by atoms with Crippen molar-refractivity contribution in [2.45, 2.75) is 0 Å². The molecule has 0 aliphatic heterocycles. The summed E-state index contributed by atoms with van der Waals surface area (Å²) >= 11 is 0. The lowest BCUT2D eigenvalue weighted by Crippen LogP contribution is -2.09. The van der Waals surface area contributed by atoms with Crippen LogP contribution in [-0.4, -0.2) is 0 Å². The van der Waals surface area contributed by atoms with Gasteiger partial charge in [0.05, 0.1) is 0 Å². The van der Waals surface area contributed by atoms with E-state index in [4.69, 9.17) is 4.42 Å². The molecule has 0 aliphatic rings. The minimum Gasteiger partial charge on any atom is -0.456 e. The summed E-state index contributed by atoms with van der Waals surface area (Å²) in [4.78, 5) is 2.32. The lowest BCUT2D eigenvalue weighted by molar-refractivity contribution is 0.669. The first-order valence-electron chi connectivity index (χ1n) is 14.9. The third kappa shape index (κ3) is 4.83. The van der Waals surface area contributed by atoms with Crippen molar-refractivity contribution in [2.24, 2.45) is 0 Å². The minimum atomic E-state index is 0.909. The van der Waals surface area contributed by atoms with Gasteiger partial charge >= 0.3 is 0 Å². The number of benzene rings is 7. The number of hydrogen-bond acceptors (Lipinski definition) is 2. The molecule has 2 nitrogen and oxygen atoms in total. The predicted molar refractivity (Wildman–Crippen MR) is 185 cm³/mol. The monoisotopic (exact) mass is 563 g/mol. The van der Waals surface area contributed by atoms with E-state index < -0.39 is 0 Å². The summed E-state index contributed by atoms with van der Waals surface area (Å²) in [7, 11) is 0. The SMILES string of the molecule is c1ccc(-c2ccc(N(c3ccc(-c4ccccc4)cc3)c3ccc(-c4ccc5c(c4)oc4ccccc45)cc3)cc2)cc1. The maximum Gasteiger partial charge on any atom is 0.136 e. The van der Waals surface area contributed by atoms with E-state index in [9.17, 15) is 0 Å². The van der Waals surface area contributed by atoms with E-state index in [2.05, 4.69) is 169 Å². The van der Waals surface area contributed by atoms with Crippen LogP contribution in [0, 0.1) is 0 Å². The smallest absolute Gasteiger partial charge is 0.136 e. The Kier molecular flexibility index (Phi) is 6.51. The summed E-state index contributed by atoms with van der Waals surface area (Å²) in [6.07, 6.45) is 0. The molecule has 7 aromatic carbocycles. The maximum atomic E-state index is 6.17. The minimum absolute atomic E-state index is 0.909. The van der Waals surface area contributed by atoms with Crippen LogP contribution in [0.25, 0.3) is 55.3 Å². The fraction of sp³-hybridized carbons (Fsp3) is 0. The summed E-state index contributed by atoms with van der Waals surface area (Å²) in [6.45, 7) is 0. The van der Waals surface area contributed by atoms with Gasteiger partial charge in [0.2, 0.25) is 0 Å². The molecule has 208 valence electrons. The first kappa shape index (κ1) is 25.8. The number of rotatable bonds is 6. The van der Waals surface area contributed by atoms with Crippen LogP contribution in [0.1, 0.15) is 0 Å². The predicted octanol–water partition coefficient (Wildman–Crippen LogP) is 12.1. The molecule has 0 saturated heterocycles. The standard InChI is InChI=1S/C42H29NO/c1-3-9-30(10-4-1)32-15-22-36(23-16-32)43(37-24-17-33(18-25-37)31-11-5-2-6-12-31)38-26-19-34(20-27-38)35-21-28-40-39-13-7-8-14-41(39)44-42(40)29-35/h1-29H. The van der Waals surface area contributed by atoms with Crippen LogP contribution in [0.4, 0.5) is 17.1 Å². The molecule has 0 aliphatic carbocycles. The fourth-order valence-corrected chi connectivity index (χ4v) is 6.02. The van der Waals surface area contributed by atoms with Crippen molar-refractivity contribution in [1.29, 1.82) is 0 Å². The van der Waals surface area contributed by atoms with Crippen LogP contribution in [0.15, 0.2) is 180 Å². The van der Waals surface area contributed by atoms with E-state index in [0.717, 1.165) is 50.1 Å². The van der Waals surface area contributed by atoms with E-state index >= 15 is 0 Å². The number of fused-ring (bicyclic) bond motifs is 3. The Labute approximate surface area is 257 Å². The van der Waals surface area contributed by atoms with Crippen molar-refractivity contribution >= 4 is 39.0 Å². The number of furan rings is 1. The van der Waals surface area contributed by atoms with Gasteiger partial charge in [-0.25, -0.2) is 0 Å². The molecule has 44 heavy (non-hydrogen) atoms. The van der Waals surface area contributed by atoms with Crippen molar-refractivity contribution in [3.63, 3.8) is 0 Å². The molecule has 0 amide bonds. The van der Waals surface area contributed by atoms with Crippen LogP contribution < -0.4 is 4.90 Å². The zero-order valence-corrected chi connectivity index (χ0v) is 24.1. The van der Waals surface area contributed by atoms with Crippen molar-refractivity contribution < 1.29 is 4.42 Å². The third-order valence-electron chi connectivity index (χ3n) is 8.30. The van der Waals surface area contributed by atoms with E-state index in [1.807, 2.05) is 12.1 Å². The Morgan fingerprint density at radius 3 is 1.20 bits per heavy atom. The van der Waals surface area contributed by atoms with E-state index in [1.54, 1.807) is 0 Å². The normalized spacial score (nSPS) is 11.2. The van der Waals surface area contributed by atoms with Gasteiger partial charge in [-0.15, -0.1) is 0 Å². The molecule has 8 rings (SSSR count). The molecule has 0 atom stereocenters. The molecule has 1 aromatic heterocycles. The number of nitrogens with zero attached hydrogens (tertiary/aromatic N) is 1. The Hall–Kier alpha value is -5.86. The highest BCUT2D eigenvalue weighted by molar-refractivity contribution is 6.05. The molecule has 2 heteroatoms. The van der Waals surface area contributed by atoms with Gasteiger partial charge in [-0.3, -0.25) is 0 Å². The number of anilines is 3. The first-order valence-corrected chi connectivity index (χ1v) is 14.9. The largest absolute Gasteiger partial charge is 0.456 e. The van der Waals surface area contributed by atoms with Gasteiger partial charge in [-0.1, -0.05) is 121 Å². The molecule has 0 N–H and O–H groups in total. The quantitative estimate of drug-likeness (QED) is 0.200. The molecule has 0 radical (unpaired) electrons. The van der Waals surface area contributed by atoms with Gasteiger partial charge in [0.25, 0.3) is 0 Å². The summed E-state index contributed by atoms with van der Waals surface area (Å²) in [5, 5.41) is 2.29. The third-order valence-corrected chi connectivity index (χ3v) is 8.30. The molecule has 8 aromatic rings. The Bertz CT molecular complexity index is 2100. The van der Waals surface area contributed by atoms with Crippen LogP contribution in [0.2, 0.25) is 0 Å². The molecule has 0 spiro atoms. The maximum absolute atomic E-state index is 6.17. The second-order valence-electron chi connectivity index (χ2n) is 11.0.